The molecule has 1 aromatic rings. The molecule has 1 heterocycles. The maximum absolute atomic E-state index is 12.6. The zero-order chi connectivity index (χ0) is 15.6. The Balaban J connectivity index is 2.56. The molecule has 0 fully saturated rings. The van der Waals surface area contributed by atoms with E-state index in [1.165, 1.54) is 6.92 Å². The number of Topliss-reactive ketones (excluding diaryl/α,β-unsaturated/α-hetero) is 1. The van der Waals surface area contributed by atoms with Crippen molar-refractivity contribution in [3.63, 3.8) is 0 Å². The molecule has 1 aromatic carbocycles. The molecule has 21 heavy (non-hydrogen) atoms. The van der Waals surface area contributed by atoms with Gasteiger partial charge in [0.25, 0.3) is 5.91 Å². The van der Waals surface area contributed by atoms with Crippen LogP contribution in [0.1, 0.15) is 43.1 Å². The second-order valence-electron chi connectivity index (χ2n) is 5.34. The smallest absolute Gasteiger partial charge is 0.336 e. The molecule has 5 heteroatoms. The summed E-state index contributed by atoms with van der Waals surface area (Å²) in [7, 11) is 0. The number of rotatable bonds is 5. The average molecular weight is 289 g/mol. The van der Waals surface area contributed by atoms with Crippen LogP contribution in [0.5, 0.6) is 0 Å². The van der Waals surface area contributed by atoms with Crippen LogP contribution in [0.15, 0.2) is 24.3 Å². The Labute approximate surface area is 123 Å². The zero-order valence-electron chi connectivity index (χ0n) is 12.4. The summed E-state index contributed by atoms with van der Waals surface area (Å²) in [5, 5.41) is 2.76. The molecule has 2 unspecified atom stereocenters. The Bertz CT molecular complexity index is 596. The van der Waals surface area contributed by atoms with Crippen molar-refractivity contribution in [2.24, 2.45) is 5.92 Å². The first kappa shape index (κ1) is 15.2. The van der Waals surface area contributed by atoms with Crippen molar-refractivity contribution in [3.8, 4) is 0 Å². The van der Waals surface area contributed by atoms with Gasteiger partial charge in [-0.2, -0.15) is 0 Å². The van der Waals surface area contributed by atoms with Crippen LogP contribution in [-0.2, 0) is 19.9 Å². The monoisotopic (exact) mass is 289 g/mol. The van der Waals surface area contributed by atoms with E-state index in [2.05, 4.69) is 5.32 Å². The summed E-state index contributed by atoms with van der Waals surface area (Å²) >= 11 is 0. The predicted octanol–water partition coefficient (Wildman–Crippen LogP) is 1.80. The highest BCUT2D eigenvalue weighted by molar-refractivity contribution is 6.06. The number of ether oxygens (including phenoxy) is 1. The van der Waals surface area contributed by atoms with E-state index in [9.17, 15) is 14.4 Å². The van der Waals surface area contributed by atoms with Gasteiger partial charge in [0.05, 0.1) is 6.61 Å². The van der Waals surface area contributed by atoms with Gasteiger partial charge >= 0.3 is 5.97 Å². The molecule has 0 aromatic heterocycles. The van der Waals surface area contributed by atoms with Crippen molar-refractivity contribution in [1.29, 1.82) is 0 Å². The lowest BCUT2D eigenvalue weighted by molar-refractivity contribution is -0.153. The van der Waals surface area contributed by atoms with Crippen LogP contribution in [0.4, 0.5) is 0 Å². The van der Waals surface area contributed by atoms with E-state index in [-0.39, 0.29) is 30.6 Å². The minimum absolute atomic E-state index is 0.0372. The highest BCUT2D eigenvalue weighted by atomic mass is 16.5. The minimum atomic E-state index is -1.28. The average Bonchev–Trinajstić information content (AvgIpc) is 2.73. The molecule has 1 aliphatic rings. The molecule has 1 aliphatic heterocycles. The Morgan fingerprint density at radius 2 is 2.00 bits per heavy atom. The number of ketones is 1. The molecule has 0 radical (unpaired) electrons. The molecule has 5 nitrogen and oxygen atoms in total. The quantitative estimate of drug-likeness (QED) is 0.839. The number of fused-ring (bicyclic) bond motifs is 1. The molecule has 0 saturated heterocycles. The summed E-state index contributed by atoms with van der Waals surface area (Å²) in [6, 6.07) is 6.93. The molecule has 0 bridgehead atoms. The fraction of sp³-hybridized carbons (Fsp3) is 0.438. The Morgan fingerprint density at radius 1 is 1.33 bits per heavy atom. The van der Waals surface area contributed by atoms with Gasteiger partial charge in [0.15, 0.2) is 5.54 Å². The summed E-state index contributed by atoms with van der Waals surface area (Å²) in [4.78, 5) is 36.2. The molecule has 2 rings (SSSR count). The summed E-state index contributed by atoms with van der Waals surface area (Å²) in [6.45, 7) is 5.17. The fourth-order valence-corrected chi connectivity index (χ4v) is 2.92. The first-order valence-electron chi connectivity index (χ1n) is 7.02. The van der Waals surface area contributed by atoms with Gasteiger partial charge in [-0.25, -0.2) is 4.79 Å². The Kier molecular flexibility index (Phi) is 4.11. The van der Waals surface area contributed by atoms with Crippen LogP contribution < -0.4 is 5.32 Å². The van der Waals surface area contributed by atoms with Crippen LogP contribution in [0.25, 0.3) is 0 Å². The molecular weight excluding hydrogens is 270 g/mol. The normalized spacial score (nSPS) is 21.4. The maximum atomic E-state index is 12.6. The summed E-state index contributed by atoms with van der Waals surface area (Å²) < 4.78 is 5.17. The molecule has 0 aliphatic carbocycles. The highest BCUT2D eigenvalue weighted by Gasteiger charge is 2.53. The number of esters is 1. The van der Waals surface area contributed by atoms with E-state index in [1.807, 2.05) is 0 Å². The van der Waals surface area contributed by atoms with Crippen molar-refractivity contribution in [2.75, 3.05) is 6.61 Å². The lowest BCUT2D eigenvalue weighted by atomic mass is 9.77. The second-order valence-corrected chi connectivity index (χ2v) is 5.34. The molecule has 0 spiro atoms. The lowest BCUT2D eigenvalue weighted by Crippen LogP contribution is -2.52. The largest absolute Gasteiger partial charge is 0.464 e. The van der Waals surface area contributed by atoms with Crippen LogP contribution in [0, 0.1) is 5.92 Å². The van der Waals surface area contributed by atoms with Gasteiger partial charge in [-0.05, 0) is 19.9 Å². The van der Waals surface area contributed by atoms with Crippen LogP contribution >= 0.6 is 0 Å². The fourth-order valence-electron chi connectivity index (χ4n) is 2.92. The molecule has 2 atom stereocenters. The number of amides is 1. The van der Waals surface area contributed by atoms with Crippen molar-refractivity contribution in [2.45, 2.75) is 32.7 Å². The number of nitrogens with one attached hydrogen (secondary N) is 1. The van der Waals surface area contributed by atoms with Crippen LogP contribution in [0.3, 0.4) is 0 Å². The summed E-state index contributed by atoms with van der Waals surface area (Å²) in [6.07, 6.45) is 0.188. The van der Waals surface area contributed by atoms with E-state index in [0.717, 1.165) is 0 Å². The van der Waals surface area contributed by atoms with Gasteiger partial charge < -0.3 is 14.8 Å². The lowest BCUT2D eigenvalue weighted by Gasteiger charge is -2.33. The number of hydrogen-bond acceptors (Lipinski definition) is 4. The molecular formula is C16H19NO4. The molecule has 1 amide bonds. The van der Waals surface area contributed by atoms with Crippen LogP contribution in [0.2, 0.25) is 0 Å². The van der Waals surface area contributed by atoms with Gasteiger partial charge in [0, 0.05) is 23.5 Å². The number of hydrogen-bond donors (Lipinski definition) is 1. The van der Waals surface area contributed by atoms with E-state index in [0.29, 0.717) is 11.1 Å². The van der Waals surface area contributed by atoms with Gasteiger partial charge in [0.1, 0.15) is 5.78 Å². The third-order valence-electron chi connectivity index (χ3n) is 3.84. The molecule has 1 N–H and O–H groups in total. The van der Waals surface area contributed by atoms with Gasteiger partial charge in [0.2, 0.25) is 0 Å². The van der Waals surface area contributed by atoms with Crippen molar-refractivity contribution >= 4 is 17.7 Å². The zero-order valence-corrected chi connectivity index (χ0v) is 12.4. The SMILES string of the molecule is CCOC(=O)C1(C(C)CC(C)=O)NC(=O)c2ccccc21. The van der Waals surface area contributed by atoms with Crippen molar-refractivity contribution in [1.82, 2.24) is 5.32 Å². The maximum Gasteiger partial charge on any atom is 0.336 e. The van der Waals surface area contributed by atoms with E-state index in [4.69, 9.17) is 4.74 Å². The number of carbonyl (C=O) groups excluding carboxylic acids is 3. The minimum Gasteiger partial charge on any atom is -0.464 e. The van der Waals surface area contributed by atoms with E-state index >= 15 is 0 Å². The van der Waals surface area contributed by atoms with Gasteiger partial charge in [-0.15, -0.1) is 0 Å². The van der Waals surface area contributed by atoms with Gasteiger partial charge in [-0.1, -0.05) is 25.1 Å². The van der Waals surface area contributed by atoms with E-state index < -0.39 is 11.5 Å². The van der Waals surface area contributed by atoms with Crippen molar-refractivity contribution < 1.29 is 19.1 Å². The number of carbonyl (C=O) groups is 3. The van der Waals surface area contributed by atoms with Crippen LogP contribution in [-0.4, -0.2) is 24.3 Å². The van der Waals surface area contributed by atoms with E-state index in [1.54, 1.807) is 38.1 Å². The molecule has 112 valence electrons. The highest BCUT2D eigenvalue weighted by Crippen LogP contribution is 2.40. The molecule has 0 saturated carbocycles. The Morgan fingerprint density at radius 3 is 2.62 bits per heavy atom. The number of benzene rings is 1. The van der Waals surface area contributed by atoms with Crippen molar-refractivity contribution in [3.05, 3.63) is 35.4 Å². The van der Waals surface area contributed by atoms with Gasteiger partial charge in [-0.3, -0.25) is 4.79 Å². The summed E-state index contributed by atoms with van der Waals surface area (Å²) in [5.41, 5.74) is -0.238. The predicted molar refractivity (Wildman–Crippen MR) is 76.7 cm³/mol. The third kappa shape index (κ3) is 2.44. The second kappa shape index (κ2) is 5.68. The summed E-state index contributed by atoms with van der Waals surface area (Å²) in [5.74, 6) is -1.25. The first-order valence-corrected chi connectivity index (χ1v) is 7.02. The Hall–Kier alpha value is -2.17. The first-order chi connectivity index (χ1) is 9.93. The standard InChI is InChI=1S/C16H19NO4/c1-4-21-15(20)16(10(2)9-11(3)18)13-8-6-5-7-12(13)14(19)17-16/h5-8,10H,4,9H2,1-3H3,(H,17,19). The topological polar surface area (TPSA) is 72.5 Å². The third-order valence-corrected chi connectivity index (χ3v) is 3.84.